The molecule has 1 N–H and O–H groups in total. The molecule has 1 aromatic rings. The Labute approximate surface area is 71.6 Å². The van der Waals surface area contributed by atoms with Crippen molar-refractivity contribution in [1.29, 1.82) is 5.41 Å². The highest BCUT2D eigenvalue weighted by Gasteiger charge is 2.17. The van der Waals surface area contributed by atoms with Crippen LogP contribution in [-0.2, 0) is 0 Å². The lowest BCUT2D eigenvalue weighted by molar-refractivity contribution is 0.881. The molecule has 62 valence electrons. The number of nitrogens with one attached hydrogen (secondary N) is 1. The van der Waals surface area contributed by atoms with Crippen LogP contribution in [0.5, 0.6) is 0 Å². The second-order valence-electron chi connectivity index (χ2n) is 3.02. The minimum absolute atomic E-state index is 0.656. The molecule has 0 bridgehead atoms. The summed E-state index contributed by atoms with van der Waals surface area (Å²) in [5.41, 5.74) is 2.57. The van der Waals surface area contributed by atoms with Gasteiger partial charge in [-0.2, -0.15) is 0 Å². The Morgan fingerprint density at radius 3 is 3.17 bits per heavy atom. The summed E-state index contributed by atoms with van der Waals surface area (Å²) in [4.78, 5) is 6.32. The van der Waals surface area contributed by atoms with Gasteiger partial charge in [0.05, 0.1) is 11.4 Å². The van der Waals surface area contributed by atoms with Gasteiger partial charge in [-0.05, 0) is 12.1 Å². The number of rotatable bonds is 0. The van der Waals surface area contributed by atoms with Crippen molar-refractivity contribution in [2.45, 2.75) is 6.42 Å². The molecular formula is C9H11N3. The van der Waals surface area contributed by atoms with Gasteiger partial charge in [-0.1, -0.05) is 0 Å². The van der Waals surface area contributed by atoms with Crippen molar-refractivity contribution in [3.05, 3.63) is 24.0 Å². The van der Waals surface area contributed by atoms with Crippen LogP contribution < -0.4 is 4.90 Å². The molecule has 0 atom stereocenters. The topological polar surface area (TPSA) is 40.0 Å². The van der Waals surface area contributed by atoms with Gasteiger partial charge in [-0.15, -0.1) is 0 Å². The molecule has 12 heavy (non-hydrogen) atoms. The van der Waals surface area contributed by atoms with Crippen molar-refractivity contribution < 1.29 is 0 Å². The lowest BCUT2D eigenvalue weighted by Gasteiger charge is -2.26. The van der Waals surface area contributed by atoms with Crippen molar-refractivity contribution in [2.75, 3.05) is 18.5 Å². The molecule has 3 nitrogen and oxygen atoms in total. The van der Waals surface area contributed by atoms with E-state index in [9.17, 15) is 0 Å². The first-order valence-corrected chi connectivity index (χ1v) is 4.03. The van der Waals surface area contributed by atoms with Crippen LogP contribution in [0.4, 0.5) is 5.69 Å². The maximum Gasteiger partial charge on any atom is 0.107 e. The van der Waals surface area contributed by atoms with Crippen molar-refractivity contribution in [2.24, 2.45) is 0 Å². The van der Waals surface area contributed by atoms with Crippen molar-refractivity contribution in [3.63, 3.8) is 0 Å². The summed E-state index contributed by atoms with van der Waals surface area (Å²) < 4.78 is 0. The Morgan fingerprint density at radius 1 is 1.58 bits per heavy atom. The second-order valence-corrected chi connectivity index (χ2v) is 3.02. The molecule has 0 radical (unpaired) electrons. The van der Waals surface area contributed by atoms with Crippen LogP contribution in [0.1, 0.15) is 12.1 Å². The van der Waals surface area contributed by atoms with Crippen LogP contribution in [0.2, 0.25) is 0 Å². The van der Waals surface area contributed by atoms with Gasteiger partial charge in [0.25, 0.3) is 0 Å². The van der Waals surface area contributed by atoms with E-state index in [1.165, 1.54) is 0 Å². The maximum absolute atomic E-state index is 7.67. The van der Waals surface area contributed by atoms with Crippen LogP contribution in [-0.4, -0.2) is 24.3 Å². The molecule has 0 unspecified atom stereocenters. The number of nitrogens with zero attached hydrogens (tertiary/aromatic N) is 2. The Balaban J connectivity index is 2.55. The standard InChI is InChI=1S/C9H11N3/c1-12-6-4-7(10)9-8(12)3-2-5-11-9/h2-3,5,10H,4,6H2,1H3. The Hall–Kier alpha value is -1.38. The molecule has 0 aromatic carbocycles. The molecule has 1 aliphatic heterocycles. The molecule has 0 amide bonds. The van der Waals surface area contributed by atoms with Crippen LogP contribution in [0.15, 0.2) is 18.3 Å². The first kappa shape index (κ1) is 7.28. The zero-order chi connectivity index (χ0) is 8.55. The summed E-state index contributed by atoms with van der Waals surface area (Å²) in [6, 6.07) is 3.92. The second kappa shape index (κ2) is 2.59. The van der Waals surface area contributed by atoms with E-state index in [0.717, 1.165) is 24.3 Å². The summed E-state index contributed by atoms with van der Waals surface area (Å²) in [6.45, 7) is 0.928. The number of anilines is 1. The Kier molecular flexibility index (Phi) is 1.57. The lowest BCUT2D eigenvalue weighted by atomic mass is 10.1. The summed E-state index contributed by atoms with van der Waals surface area (Å²) in [5.74, 6) is 0. The highest BCUT2D eigenvalue weighted by molar-refractivity contribution is 6.03. The van der Waals surface area contributed by atoms with Gasteiger partial charge in [0.2, 0.25) is 0 Å². The summed E-state index contributed by atoms with van der Waals surface area (Å²) in [5, 5.41) is 7.67. The number of pyridine rings is 1. The third-order valence-electron chi connectivity index (χ3n) is 2.18. The summed E-state index contributed by atoms with van der Waals surface area (Å²) >= 11 is 0. The molecule has 0 saturated carbocycles. The first-order valence-electron chi connectivity index (χ1n) is 4.03. The zero-order valence-electron chi connectivity index (χ0n) is 7.04. The molecule has 0 fully saturated rings. The molecule has 1 aliphatic rings. The minimum Gasteiger partial charge on any atom is -0.372 e. The van der Waals surface area contributed by atoms with Gasteiger partial charge < -0.3 is 10.3 Å². The first-order chi connectivity index (χ1) is 5.79. The van der Waals surface area contributed by atoms with E-state index in [4.69, 9.17) is 5.41 Å². The Bertz CT molecular complexity index is 319. The van der Waals surface area contributed by atoms with Gasteiger partial charge in [-0.25, -0.2) is 0 Å². The largest absolute Gasteiger partial charge is 0.372 e. The summed E-state index contributed by atoms with van der Waals surface area (Å²) in [7, 11) is 2.03. The van der Waals surface area contributed by atoms with E-state index in [1.807, 2.05) is 19.2 Å². The van der Waals surface area contributed by atoms with E-state index in [2.05, 4.69) is 9.88 Å². The predicted molar refractivity (Wildman–Crippen MR) is 49.0 cm³/mol. The quantitative estimate of drug-likeness (QED) is 0.622. The van der Waals surface area contributed by atoms with E-state index in [0.29, 0.717) is 5.71 Å². The molecule has 2 heterocycles. The molecule has 0 spiro atoms. The van der Waals surface area contributed by atoms with Gasteiger partial charge in [0, 0.05) is 26.2 Å². The molecular weight excluding hydrogens is 150 g/mol. The number of hydrogen-bond acceptors (Lipinski definition) is 3. The number of hydrogen-bond donors (Lipinski definition) is 1. The maximum atomic E-state index is 7.67. The molecule has 0 aliphatic carbocycles. The third kappa shape index (κ3) is 0.978. The third-order valence-corrected chi connectivity index (χ3v) is 2.18. The van der Waals surface area contributed by atoms with E-state index in [1.54, 1.807) is 6.20 Å². The monoisotopic (exact) mass is 161 g/mol. The van der Waals surface area contributed by atoms with Crippen LogP contribution in [0.3, 0.4) is 0 Å². The van der Waals surface area contributed by atoms with E-state index < -0.39 is 0 Å². The zero-order valence-corrected chi connectivity index (χ0v) is 7.04. The fraction of sp³-hybridized carbons (Fsp3) is 0.333. The van der Waals surface area contributed by atoms with Crippen LogP contribution in [0, 0.1) is 5.41 Å². The van der Waals surface area contributed by atoms with E-state index in [-0.39, 0.29) is 0 Å². The summed E-state index contributed by atoms with van der Waals surface area (Å²) in [6.07, 6.45) is 2.55. The van der Waals surface area contributed by atoms with Crippen molar-refractivity contribution in [3.8, 4) is 0 Å². The molecule has 1 aromatic heterocycles. The normalized spacial score (nSPS) is 16.1. The predicted octanol–water partition coefficient (Wildman–Crippen LogP) is 1.29. The smallest absolute Gasteiger partial charge is 0.107 e. The van der Waals surface area contributed by atoms with Gasteiger partial charge >= 0.3 is 0 Å². The minimum atomic E-state index is 0.656. The van der Waals surface area contributed by atoms with Gasteiger partial charge in [0.15, 0.2) is 0 Å². The Morgan fingerprint density at radius 2 is 2.42 bits per heavy atom. The number of aromatic nitrogens is 1. The molecule has 0 saturated heterocycles. The lowest BCUT2D eigenvalue weighted by Crippen LogP contribution is -2.28. The fourth-order valence-corrected chi connectivity index (χ4v) is 1.46. The number of fused-ring (bicyclic) bond motifs is 1. The average Bonchev–Trinajstić information content (AvgIpc) is 2.12. The van der Waals surface area contributed by atoms with E-state index >= 15 is 0 Å². The van der Waals surface area contributed by atoms with Gasteiger partial charge in [-0.3, -0.25) is 4.98 Å². The van der Waals surface area contributed by atoms with Crippen molar-refractivity contribution >= 4 is 11.4 Å². The highest BCUT2D eigenvalue weighted by atomic mass is 15.1. The highest BCUT2D eigenvalue weighted by Crippen LogP contribution is 2.22. The van der Waals surface area contributed by atoms with Crippen LogP contribution in [0.25, 0.3) is 0 Å². The van der Waals surface area contributed by atoms with Crippen LogP contribution >= 0.6 is 0 Å². The fourth-order valence-electron chi connectivity index (χ4n) is 1.46. The SMILES string of the molecule is CN1CCC(=N)c2ncccc21. The molecule has 3 heteroatoms. The van der Waals surface area contributed by atoms with Gasteiger partial charge in [0.1, 0.15) is 5.69 Å². The van der Waals surface area contributed by atoms with Crippen molar-refractivity contribution in [1.82, 2.24) is 4.98 Å². The molecule has 2 rings (SSSR count). The average molecular weight is 161 g/mol.